The summed E-state index contributed by atoms with van der Waals surface area (Å²) in [6.07, 6.45) is 1.02. The Kier molecular flexibility index (Phi) is 11.3. The van der Waals surface area contributed by atoms with Gasteiger partial charge in [-0.2, -0.15) is 0 Å². The molecule has 1 N–H and O–H groups in total. The van der Waals surface area contributed by atoms with Gasteiger partial charge in [-0.1, -0.05) is 84.5 Å². The molecule has 3 rings (SSSR count). The first-order chi connectivity index (χ1) is 19.0. The first-order valence-electron chi connectivity index (χ1n) is 12.8. The number of sulfonamides is 1. The van der Waals surface area contributed by atoms with Crippen LogP contribution in [0.3, 0.4) is 0 Å². The van der Waals surface area contributed by atoms with E-state index in [9.17, 15) is 18.0 Å². The van der Waals surface area contributed by atoms with Crippen molar-refractivity contribution in [3.05, 3.63) is 92.9 Å². The first-order valence-corrected chi connectivity index (χ1v) is 15.4. The Morgan fingerprint density at radius 1 is 0.925 bits per heavy atom. The standard InChI is InChI=1S/C29H32Cl3N3O4S/c1-4-16-33-29(37)26(5-2)34(18-21-8-6-7-9-24(21)31)28(36)19-35(27-17-22(30)12-15-25(27)32)40(38,39)23-13-10-20(3)11-14-23/h6-15,17,26H,4-5,16,18-19H2,1-3H3,(H,33,37)/t26-/m0/s1. The van der Waals surface area contributed by atoms with Crippen LogP contribution >= 0.6 is 34.8 Å². The minimum absolute atomic E-state index is 0.00173. The third kappa shape index (κ3) is 7.69. The summed E-state index contributed by atoms with van der Waals surface area (Å²) in [5.74, 6) is -0.941. The summed E-state index contributed by atoms with van der Waals surface area (Å²) < 4.78 is 28.8. The van der Waals surface area contributed by atoms with Gasteiger partial charge in [-0.3, -0.25) is 13.9 Å². The second kappa shape index (κ2) is 14.2. The molecule has 0 unspecified atom stereocenters. The highest BCUT2D eigenvalue weighted by Gasteiger charge is 2.34. The predicted molar refractivity (Wildman–Crippen MR) is 162 cm³/mol. The highest BCUT2D eigenvalue weighted by molar-refractivity contribution is 7.92. The van der Waals surface area contributed by atoms with E-state index in [0.717, 1.165) is 16.3 Å². The number of anilines is 1. The minimum atomic E-state index is -4.27. The number of amides is 2. The lowest BCUT2D eigenvalue weighted by atomic mass is 10.1. The molecule has 2 amide bonds. The van der Waals surface area contributed by atoms with E-state index in [1.807, 2.05) is 13.8 Å². The fourth-order valence-corrected chi connectivity index (χ4v) is 6.18. The maximum atomic E-state index is 14.1. The van der Waals surface area contributed by atoms with E-state index in [0.29, 0.717) is 23.6 Å². The van der Waals surface area contributed by atoms with E-state index in [1.54, 1.807) is 43.3 Å². The summed E-state index contributed by atoms with van der Waals surface area (Å²) in [6, 6.07) is 16.8. The van der Waals surface area contributed by atoms with Gasteiger partial charge in [0.15, 0.2) is 0 Å². The molecule has 40 heavy (non-hydrogen) atoms. The van der Waals surface area contributed by atoms with Crippen LogP contribution in [0.1, 0.15) is 37.8 Å². The van der Waals surface area contributed by atoms with Crippen molar-refractivity contribution in [3.63, 3.8) is 0 Å². The van der Waals surface area contributed by atoms with Gasteiger partial charge >= 0.3 is 0 Å². The quantitative estimate of drug-likeness (QED) is 0.250. The van der Waals surface area contributed by atoms with Gasteiger partial charge in [0, 0.05) is 23.1 Å². The molecule has 0 aliphatic rings. The van der Waals surface area contributed by atoms with Gasteiger partial charge in [0.1, 0.15) is 12.6 Å². The fourth-order valence-electron chi connectivity index (χ4n) is 4.12. The van der Waals surface area contributed by atoms with Crippen LogP contribution < -0.4 is 9.62 Å². The van der Waals surface area contributed by atoms with E-state index < -0.39 is 28.5 Å². The summed E-state index contributed by atoms with van der Waals surface area (Å²) >= 11 is 19.1. The van der Waals surface area contributed by atoms with Gasteiger partial charge in [0.25, 0.3) is 10.0 Å². The van der Waals surface area contributed by atoms with Crippen LogP contribution in [0.25, 0.3) is 0 Å². The molecule has 0 spiro atoms. The largest absolute Gasteiger partial charge is 0.354 e. The van der Waals surface area contributed by atoms with Crippen molar-refractivity contribution in [1.82, 2.24) is 10.2 Å². The lowest BCUT2D eigenvalue weighted by Gasteiger charge is -2.33. The Morgan fingerprint density at radius 3 is 2.23 bits per heavy atom. The van der Waals surface area contributed by atoms with Gasteiger partial charge < -0.3 is 10.2 Å². The van der Waals surface area contributed by atoms with Gasteiger partial charge in [-0.05, 0) is 61.7 Å². The zero-order chi connectivity index (χ0) is 29.4. The normalized spacial score (nSPS) is 12.1. The molecule has 0 heterocycles. The van der Waals surface area contributed by atoms with Crippen LogP contribution in [-0.2, 0) is 26.2 Å². The summed E-state index contributed by atoms with van der Waals surface area (Å²) in [5, 5.41) is 3.61. The molecular formula is C29H32Cl3N3O4S. The molecule has 0 radical (unpaired) electrons. The maximum Gasteiger partial charge on any atom is 0.264 e. The van der Waals surface area contributed by atoms with Gasteiger partial charge in [-0.15, -0.1) is 0 Å². The smallest absolute Gasteiger partial charge is 0.264 e. The van der Waals surface area contributed by atoms with E-state index in [-0.39, 0.29) is 33.1 Å². The Bertz CT molecular complexity index is 1450. The first kappa shape index (κ1) is 31.7. The highest BCUT2D eigenvalue weighted by Crippen LogP contribution is 2.33. The fraction of sp³-hybridized carbons (Fsp3) is 0.310. The zero-order valence-corrected chi connectivity index (χ0v) is 25.6. The predicted octanol–water partition coefficient (Wildman–Crippen LogP) is 6.48. The summed E-state index contributed by atoms with van der Waals surface area (Å²) in [7, 11) is -4.27. The van der Waals surface area contributed by atoms with E-state index in [2.05, 4.69) is 5.32 Å². The number of carbonyl (C=O) groups excluding carboxylic acids is 2. The van der Waals surface area contributed by atoms with E-state index in [4.69, 9.17) is 34.8 Å². The number of nitrogens with zero attached hydrogens (tertiary/aromatic N) is 2. The molecule has 11 heteroatoms. The van der Waals surface area contributed by atoms with Crippen LogP contribution in [-0.4, -0.2) is 44.3 Å². The highest BCUT2D eigenvalue weighted by atomic mass is 35.5. The van der Waals surface area contributed by atoms with Gasteiger partial charge in [0.2, 0.25) is 11.8 Å². The molecule has 0 aliphatic carbocycles. The number of hydrogen-bond acceptors (Lipinski definition) is 4. The SMILES string of the molecule is CCCNC(=O)[C@H](CC)N(Cc1ccccc1Cl)C(=O)CN(c1cc(Cl)ccc1Cl)S(=O)(=O)c1ccc(C)cc1. The molecule has 0 saturated carbocycles. The van der Waals surface area contributed by atoms with E-state index in [1.165, 1.54) is 35.2 Å². The molecule has 214 valence electrons. The van der Waals surface area contributed by atoms with Crippen LogP contribution in [0, 0.1) is 6.92 Å². The summed E-state index contributed by atoms with van der Waals surface area (Å²) in [5.41, 5.74) is 1.54. The lowest BCUT2D eigenvalue weighted by molar-refractivity contribution is -0.140. The average molecular weight is 625 g/mol. The Morgan fingerprint density at radius 2 is 1.60 bits per heavy atom. The zero-order valence-electron chi connectivity index (χ0n) is 22.5. The van der Waals surface area contributed by atoms with Crippen LogP contribution in [0.4, 0.5) is 5.69 Å². The minimum Gasteiger partial charge on any atom is -0.354 e. The second-order valence-electron chi connectivity index (χ2n) is 9.25. The van der Waals surface area contributed by atoms with Crippen LogP contribution in [0.2, 0.25) is 15.1 Å². The van der Waals surface area contributed by atoms with Crippen molar-refractivity contribution in [2.75, 3.05) is 17.4 Å². The molecule has 0 bridgehead atoms. The van der Waals surface area contributed by atoms with Crippen molar-refractivity contribution in [3.8, 4) is 0 Å². The van der Waals surface area contributed by atoms with Gasteiger partial charge in [0.05, 0.1) is 15.6 Å². The molecule has 0 fully saturated rings. The number of hydrogen-bond donors (Lipinski definition) is 1. The van der Waals surface area contributed by atoms with Crippen molar-refractivity contribution >= 4 is 62.3 Å². The molecule has 3 aromatic carbocycles. The van der Waals surface area contributed by atoms with E-state index >= 15 is 0 Å². The van der Waals surface area contributed by atoms with Crippen molar-refractivity contribution < 1.29 is 18.0 Å². The Balaban J connectivity index is 2.11. The third-order valence-electron chi connectivity index (χ3n) is 6.30. The number of halogens is 3. The third-order valence-corrected chi connectivity index (χ3v) is 9.00. The topological polar surface area (TPSA) is 86.8 Å². The van der Waals surface area contributed by atoms with Crippen LogP contribution in [0.5, 0.6) is 0 Å². The molecule has 7 nitrogen and oxygen atoms in total. The lowest BCUT2D eigenvalue weighted by Crippen LogP contribution is -2.52. The molecule has 0 saturated heterocycles. The Labute approximate surface area is 251 Å². The van der Waals surface area contributed by atoms with Gasteiger partial charge in [-0.25, -0.2) is 8.42 Å². The monoisotopic (exact) mass is 623 g/mol. The molecule has 0 aromatic heterocycles. The number of benzene rings is 3. The summed E-state index contributed by atoms with van der Waals surface area (Å²) in [4.78, 5) is 28.6. The number of aryl methyl sites for hydroxylation is 1. The number of nitrogens with one attached hydrogen (secondary N) is 1. The van der Waals surface area contributed by atoms with Crippen LogP contribution in [0.15, 0.2) is 71.6 Å². The number of carbonyl (C=O) groups is 2. The second-order valence-corrected chi connectivity index (χ2v) is 12.4. The van der Waals surface area contributed by atoms with Crippen molar-refractivity contribution in [2.24, 2.45) is 0 Å². The average Bonchev–Trinajstić information content (AvgIpc) is 2.93. The molecular weight excluding hydrogens is 593 g/mol. The number of rotatable bonds is 12. The van der Waals surface area contributed by atoms with Crippen molar-refractivity contribution in [1.29, 1.82) is 0 Å². The maximum absolute atomic E-state index is 14.1. The Hall–Kier alpha value is -2.78. The van der Waals surface area contributed by atoms with Crippen molar-refractivity contribution in [2.45, 2.75) is 51.1 Å². The molecule has 3 aromatic rings. The molecule has 0 aliphatic heterocycles. The summed E-state index contributed by atoms with van der Waals surface area (Å²) in [6.45, 7) is 5.37. The molecule has 1 atom stereocenters.